The second kappa shape index (κ2) is 7.42. The van der Waals surface area contributed by atoms with Gasteiger partial charge >= 0.3 is 0 Å². The number of benzene rings is 1. The fourth-order valence-corrected chi connectivity index (χ4v) is 2.16. The van der Waals surface area contributed by atoms with Crippen molar-refractivity contribution in [3.63, 3.8) is 0 Å². The van der Waals surface area contributed by atoms with Crippen molar-refractivity contribution >= 4 is 0 Å². The molecule has 0 aliphatic heterocycles. The van der Waals surface area contributed by atoms with E-state index in [-0.39, 0.29) is 5.48 Å². The first-order valence-corrected chi connectivity index (χ1v) is 6.15. The number of hydrogen-bond donors (Lipinski definition) is 0. The van der Waals surface area contributed by atoms with Gasteiger partial charge in [-0.2, -0.15) is 0 Å². The molecule has 0 saturated heterocycles. The molecule has 16 heavy (non-hydrogen) atoms. The van der Waals surface area contributed by atoms with Gasteiger partial charge in [0.25, 0.3) is 0 Å². The maximum Gasteiger partial charge on any atom is 0.0827 e. The molecule has 0 aliphatic carbocycles. The van der Waals surface area contributed by atoms with Crippen LogP contribution in [0.2, 0.25) is 0 Å². The molecule has 1 rings (SSSR count). The van der Waals surface area contributed by atoms with E-state index >= 15 is 0 Å². The summed E-state index contributed by atoms with van der Waals surface area (Å²) >= 11 is 0. The zero-order valence-corrected chi connectivity index (χ0v) is 10.8. The van der Waals surface area contributed by atoms with Gasteiger partial charge in [0.15, 0.2) is 0 Å². The van der Waals surface area contributed by atoms with E-state index in [1.165, 1.54) is 42.6 Å². The maximum absolute atomic E-state index is 2.30. The molecule has 0 saturated carbocycles. The summed E-state index contributed by atoms with van der Waals surface area (Å²) in [6, 6.07) is 10.8. The van der Waals surface area contributed by atoms with Crippen LogP contribution in [0.5, 0.6) is 0 Å². The SMILES string of the molecule is CC[N+](CC)(CC)CCc1ccccc1.[OH-]. The van der Waals surface area contributed by atoms with E-state index in [0.29, 0.717) is 0 Å². The van der Waals surface area contributed by atoms with Crippen molar-refractivity contribution in [1.82, 2.24) is 0 Å². The highest BCUT2D eigenvalue weighted by Gasteiger charge is 2.19. The van der Waals surface area contributed by atoms with Gasteiger partial charge in [-0.3, -0.25) is 0 Å². The number of quaternary nitrogens is 1. The van der Waals surface area contributed by atoms with E-state index in [2.05, 4.69) is 51.1 Å². The molecule has 2 heteroatoms. The first kappa shape index (κ1) is 15.1. The predicted octanol–water partition coefficient (Wildman–Crippen LogP) is 2.93. The van der Waals surface area contributed by atoms with Crippen molar-refractivity contribution in [2.45, 2.75) is 27.2 Å². The summed E-state index contributed by atoms with van der Waals surface area (Å²) in [5.41, 5.74) is 1.47. The Morgan fingerprint density at radius 1 is 0.875 bits per heavy atom. The molecule has 0 spiro atoms. The molecular weight excluding hydrogens is 198 g/mol. The minimum Gasteiger partial charge on any atom is -0.870 e. The third-order valence-electron chi connectivity index (χ3n) is 3.73. The standard InChI is InChI=1S/C14H24N.H2O/c1-4-15(5-2,6-3)13-12-14-10-8-7-9-11-14;/h7-11H,4-6,12-13H2,1-3H3;1H2/q+1;/p-1. The summed E-state index contributed by atoms with van der Waals surface area (Å²) in [4.78, 5) is 0. The molecule has 0 fully saturated rings. The molecule has 0 heterocycles. The van der Waals surface area contributed by atoms with E-state index in [4.69, 9.17) is 0 Å². The number of rotatable bonds is 6. The van der Waals surface area contributed by atoms with Crippen LogP contribution in [0.3, 0.4) is 0 Å². The monoisotopic (exact) mass is 223 g/mol. The Kier molecular flexibility index (Phi) is 7.02. The zero-order chi connectivity index (χ0) is 11.1. The van der Waals surface area contributed by atoms with Crippen molar-refractivity contribution in [2.24, 2.45) is 0 Å². The molecule has 1 aromatic rings. The van der Waals surface area contributed by atoms with Crippen molar-refractivity contribution in [1.29, 1.82) is 0 Å². The predicted molar refractivity (Wildman–Crippen MR) is 68.8 cm³/mol. The van der Waals surface area contributed by atoms with Crippen LogP contribution >= 0.6 is 0 Å². The van der Waals surface area contributed by atoms with Crippen LogP contribution in [-0.2, 0) is 6.42 Å². The van der Waals surface area contributed by atoms with Gasteiger partial charge in [0, 0.05) is 6.42 Å². The second-order valence-corrected chi connectivity index (χ2v) is 4.25. The lowest BCUT2D eigenvalue weighted by Gasteiger charge is -2.35. The van der Waals surface area contributed by atoms with Crippen LogP contribution in [0.1, 0.15) is 26.3 Å². The molecule has 0 unspecified atom stereocenters. The summed E-state index contributed by atoms with van der Waals surface area (Å²) < 4.78 is 1.24. The van der Waals surface area contributed by atoms with E-state index in [1.807, 2.05) is 0 Å². The summed E-state index contributed by atoms with van der Waals surface area (Å²) in [6.45, 7) is 11.9. The third-order valence-corrected chi connectivity index (χ3v) is 3.73. The minimum atomic E-state index is 0. The average molecular weight is 223 g/mol. The van der Waals surface area contributed by atoms with Gasteiger partial charge in [-0.15, -0.1) is 0 Å². The molecule has 0 bridgehead atoms. The third kappa shape index (κ3) is 3.95. The Morgan fingerprint density at radius 2 is 1.38 bits per heavy atom. The Hall–Kier alpha value is -0.860. The van der Waals surface area contributed by atoms with Gasteiger partial charge in [0.1, 0.15) is 0 Å². The highest BCUT2D eigenvalue weighted by molar-refractivity contribution is 5.14. The molecule has 0 aromatic heterocycles. The van der Waals surface area contributed by atoms with E-state index in [1.54, 1.807) is 0 Å². The fourth-order valence-electron chi connectivity index (χ4n) is 2.16. The van der Waals surface area contributed by atoms with E-state index in [9.17, 15) is 0 Å². The van der Waals surface area contributed by atoms with Gasteiger partial charge < -0.3 is 9.96 Å². The Labute approximate surface area is 99.8 Å². The van der Waals surface area contributed by atoms with Crippen LogP contribution in [0.4, 0.5) is 0 Å². The molecule has 0 atom stereocenters. The number of hydrogen-bond acceptors (Lipinski definition) is 1. The van der Waals surface area contributed by atoms with Crippen LogP contribution in [-0.4, -0.2) is 36.1 Å². The Bertz CT molecular complexity index is 259. The molecule has 0 amide bonds. The largest absolute Gasteiger partial charge is 0.870 e. The summed E-state index contributed by atoms with van der Waals surface area (Å²) in [5, 5.41) is 0. The first-order chi connectivity index (χ1) is 7.26. The van der Waals surface area contributed by atoms with Crippen LogP contribution in [0, 0.1) is 0 Å². The Balaban J connectivity index is 0.00000225. The van der Waals surface area contributed by atoms with E-state index in [0.717, 1.165) is 0 Å². The lowest BCUT2D eigenvalue weighted by molar-refractivity contribution is -0.923. The topological polar surface area (TPSA) is 30.0 Å². The minimum absolute atomic E-state index is 0. The van der Waals surface area contributed by atoms with Crippen molar-refractivity contribution in [3.05, 3.63) is 35.9 Å². The van der Waals surface area contributed by atoms with Gasteiger partial charge in [0.05, 0.1) is 26.2 Å². The number of nitrogens with zero attached hydrogens (tertiary/aromatic N) is 1. The molecule has 1 N–H and O–H groups in total. The van der Waals surface area contributed by atoms with Crippen molar-refractivity contribution < 1.29 is 9.96 Å². The first-order valence-electron chi connectivity index (χ1n) is 6.15. The van der Waals surface area contributed by atoms with Gasteiger partial charge in [0.2, 0.25) is 0 Å². The molecule has 92 valence electrons. The maximum atomic E-state index is 2.30. The van der Waals surface area contributed by atoms with Crippen LogP contribution in [0.25, 0.3) is 0 Å². The zero-order valence-electron chi connectivity index (χ0n) is 10.8. The van der Waals surface area contributed by atoms with Gasteiger partial charge in [-0.05, 0) is 26.3 Å². The van der Waals surface area contributed by atoms with Gasteiger partial charge in [-0.25, -0.2) is 0 Å². The van der Waals surface area contributed by atoms with Crippen molar-refractivity contribution in [3.8, 4) is 0 Å². The van der Waals surface area contributed by atoms with Crippen LogP contribution < -0.4 is 0 Å². The lowest BCUT2D eigenvalue weighted by atomic mass is 10.1. The summed E-state index contributed by atoms with van der Waals surface area (Å²) in [7, 11) is 0. The molecule has 0 radical (unpaired) electrons. The quantitative estimate of drug-likeness (QED) is 0.682. The number of likely N-dealkylation sites (N-methyl/N-ethyl adjacent to an activating group) is 1. The van der Waals surface area contributed by atoms with Crippen LogP contribution in [0.15, 0.2) is 30.3 Å². The molecule has 0 aliphatic rings. The normalized spacial score (nSPS) is 10.9. The lowest BCUT2D eigenvalue weighted by Crippen LogP contribution is -2.48. The highest BCUT2D eigenvalue weighted by atomic mass is 16.0. The average Bonchev–Trinajstić information content (AvgIpc) is 2.33. The Morgan fingerprint density at radius 3 is 1.81 bits per heavy atom. The summed E-state index contributed by atoms with van der Waals surface area (Å²) in [6.07, 6.45) is 1.20. The molecular formula is C14H25NO. The fraction of sp³-hybridized carbons (Fsp3) is 0.571. The second-order valence-electron chi connectivity index (χ2n) is 4.25. The van der Waals surface area contributed by atoms with E-state index < -0.39 is 0 Å². The van der Waals surface area contributed by atoms with Gasteiger partial charge in [-0.1, -0.05) is 30.3 Å². The molecule has 2 nitrogen and oxygen atoms in total. The molecule has 1 aromatic carbocycles. The highest BCUT2D eigenvalue weighted by Crippen LogP contribution is 2.09. The summed E-state index contributed by atoms with van der Waals surface area (Å²) in [5.74, 6) is 0. The smallest absolute Gasteiger partial charge is 0.0827 e. The van der Waals surface area contributed by atoms with Crippen molar-refractivity contribution in [2.75, 3.05) is 26.2 Å².